The van der Waals surface area contributed by atoms with Crippen LogP contribution in [0, 0.1) is 10.1 Å². The highest BCUT2D eigenvalue weighted by Gasteiger charge is 2.16. The highest BCUT2D eigenvalue weighted by atomic mass is 16.6. The fourth-order valence-corrected chi connectivity index (χ4v) is 1.72. The quantitative estimate of drug-likeness (QED) is 0.644. The van der Waals surface area contributed by atoms with Crippen molar-refractivity contribution in [2.24, 2.45) is 0 Å². The van der Waals surface area contributed by atoms with Gasteiger partial charge in [-0.2, -0.15) is 0 Å². The van der Waals surface area contributed by atoms with Crippen LogP contribution in [0.1, 0.15) is 19.4 Å². The minimum atomic E-state index is -0.447. The Labute approximate surface area is 116 Å². The molecule has 6 nitrogen and oxygen atoms in total. The van der Waals surface area contributed by atoms with Gasteiger partial charge in [0.25, 0.3) is 0 Å². The summed E-state index contributed by atoms with van der Waals surface area (Å²) in [6.07, 6.45) is 3.11. The van der Waals surface area contributed by atoms with Crippen LogP contribution in [-0.4, -0.2) is 11.0 Å². The molecule has 106 valence electrons. The molecule has 0 saturated carbocycles. The summed E-state index contributed by atoms with van der Waals surface area (Å²) in [6.45, 7) is 4.24. The first-order valence-electron chi connectivity index (χ1n) is 6.26. The van der Waals surface area contributed by atoms with Crippen LogP contribution in [-0.2, 0) is 6.54 Å². The zero-order chi connectivity index (χ0) is 14.5. The molecule has 1 N–H and O–H groups in total. The van der Waals surface area contributed by atoms with Crippen molar-refractivity contribution >= 4 is 11.4 Å². The molecule has 0 fully saturated rings. The van der Waals surface area contributed by atoms with Gasteiger partial charge in [-0.1, -0.05) is 0 Å². The van der Waals surface area contributed by atoms with Crippen LogP contribution in [0.25, 0.3) is 0 Å². The van der Waals surface area contributed by atoms with Crippen LogP contribution in [0.4, 0.5) is 11.4 Å². The van der Waals surface area contributed by atoms with Crippen LogP contribution in [0.2, 0.25) is 0 Å². The SMILES string of the molecule is CC(C)Oc1cc(NCc2ccoc2)ccc1[N+](=O)[O-]. The van der Waals surface area contributed by atoms with Gasteiger partial charge in [-0.05, 0) is 26.0 Å². The monoisotopic (exact) mass is 276 g/mol. The maximum absolute atomic E-state index is 11.0. The van der Waals surface area contributed by atoms with Crippen molar-refractivity contribution in [3.63, 3.8) is 0 Å². The van der Waals surface area contributed by atoms with Crippen LogP contribution in [0.3, 0.4) is 0 Å². The molecule has 1 aromatic carbocycles. The minimum absolute atomic E-state index is 0.0347. The zero-order valence-corrected chi connectivity index (χ0v) is 11.3. The fraction of sp³-hybridized carbons (Fsp3) is 0.286. The van der Waals surface area contributed by atoms with Gasteiger partial charge in [-0.15, -0.1) is 0 Å². The number of anilines is 1. The van der Waals surface area contributed by atoms with Crippen LogP contribution < -0.4 is 10.1 Å². The van der Waals surface area contributed by atoms with E-state index in [0.717, 1.165) is 11.3 Å². The first-order valence-corrected chi connectivity index (χ1v) is 6.26. The summed E-state index contributed by atoms with van der Waals surface area (Å²) in [7, 11) is 0. The lowest BCUT2D eigenvalue weighted by Gasteiger charge is -2.12. The zero-order valence-electron chi connectivity index (χ0n) is 11.3. The molecule has 20 heavy (non-hydrogen) atoms. The molecule has 0 aliphatic rings. The number of benzene rings is 1. The molecule has 1 heterocycles. The molecule has 0 spiro atoms. The molecular formula is C14H16N2O4. The lowest BCUT2D eigenvalue weighted by atomic mass is 10.2. The predicted octanol–water partition coefficient (Wildman–Crippen LogP) is 3.59. The lowest BCUT2D eigenvalue weighted by Crippen LogP contribution is -2.08. The van der Waals surface area contributed by atoms with Crippen molar-refractivity contribution in [3.8, 4) is 5.75 Å². The van der Waals surface area contributed by atoms with Crippen LogP contribution in [0.15, 0.2) is 41.2 Å². The topological polar surface area (TPSA) is 77.5 Å². The smallest absolute Gasteiger partial charge is 0.311 e. The van der Waals surface area contributed by atoms with Crippen molar-refractivity contribution < 1.29 is 14.1 Å². The molecule has 0 aliphatic heterocycles. The van der Waals surface area contributed by atoms with E-state index < -0.39 is 4.92 Å². The molecule has 0 amide bonds. The number of nitro benzene ring substituents is 1. The summed E-state index contributed by atoms with van der Waals surface area (Å²) in [5, 5.41) is 14.1. The Kier molecular flexibility index (Phi) is 4.24. The molecule has 0 radical (unpaired) electrons. The summed E-state index contributed by atoms with van der Waals surface area (Å²) in [5.41, 5.74) is 1.72. The fourth-order valence-electron chi connectivity index (χ4n) is 1.72. The summed E-state index contributed by atoms with van der Waals surface area (Å²) in [4.78, 5) is 10.5. The van der Waals surface area contributed by atoms with E-state index >= 15 is 0 Å². The Bertz CT molecular complexity index is 579. The van der Waals surface area contributed by atoms with Gasteiger partial charge in [0.2, 0.25) is 0 Å². The highest BCUT2D eigenvalue weighted by molar-refractivity contribution is 5.58. The molecule has 2 aromatic rings. The number of nitro groups is 1. The number of rotatable bonds is 6. The predicted molar refractivity (Wildman–Crippen MR) is 74.9 cm³/mol. The first kappa shape index (κ1) is 13.9. The van der Waals surface area contributed by atoms with Gasteiger partial charge in [0.05, 0.1) is 23.6 Å². The standard InChI is InChI=1S/C14H16N2O4/c1-10(2)20-14-7-12(3-4-13(14)16(17)18)15-8-11-5-6-19-9-11/h3-7,9-10,15H,8H2,1-2H3. The van der Waals surface area contributed by atoms with E-state index in [-0.39, 0.29) is 17.5 Å². The molecule has 0 saturated heterocycles. The average Bonchev–Trinajstić information content (AvgIpc) is 2.88. The average molecular weight is 276 g/mol. The van der Waals surface area contributed by atoms with Crippen molar-refractivity contribution in [2.45, 2.75) is 26.5 Å². The minimum Gasteiger partial charge on any atom is -0.484 e. The summed E-state index contributed by atoms with van der Waals surface area (Å²) >= 11 is 0. The van der Waals surface area contributed by atoms with E-state index in [0.29, 0.717) is 6.54 Å². The van der Waals surface area contributed by atoms with Gasteiger partial charge in [0.1, 0.15) is 0 Å². The number of hydrogen-bond donors (Lipinski definition) is 1. The maximum Gasteiger partial charge on any atom is 0.311 e. The summed E-state index contributed by atoms with van der Waals surface area (Å²) in [5.74, 6) is 0.266. The Balaban J connectivity index is 2.15. The highest BCUT2D eigenvalue weighted by Crippen LogP contribution is 2.31. The van der Waals surface area contributed by atoms with Gasteiger partial charge in [0, 0.05) is 29.9 Å². The Morgan fingerprint density at radius 1 is 1.40 bits per heavy atom. The second-order valence-corrected chi connectivity index (χ2v) is 4.59. The Hall–Kier alpha value is -2.50. The van der Waals surface area contributed by atoms with Crippen molar-refractivity contribution in [1.29, 1.82) is 0 Å². The number of nitrogens with one attached hydrogen (secondary N) is 1. The molecule has 1 aromatic heterocycles. The molecular weight excluding hydrogens is 260 g/mol. The normalized spacial score (nSPS) is 10.6. The van der Waals surface area contributed by atoms with Crippen molar-refractivity contribution in [1.82, 2.24) is 0 Å². The Morgan fingerprint density at radius 2 is 2.20 bits per heavy atom. The third kappa shape index (κ3) is 3.50. The molecule has 0 atom stereocenters. The van der Waals surface area contributed by atoms with Crippen LogP contribution >= 0.6 is 0 Å². The molecule has 6 heteroatoms. The first-order chi connectivity index (χ1) is 9.56. The second-order valence-electron chi connectivity index (χ2n) is 4.59. The number of hydrogen-bond acceptors (Lipinski definition) is 5. The molecule has 0 unspecified atom stereocenters. The van der Waals surface area contributed by atoms with Gasteiger partial charge in [0.15, 0.2) is 5.75 Å². The number of nitrogens with zero attached hydrogens (tertiary/aromatic N) is 1. The lowest BCUT2D eigenvalue weighted by molar-refractivity contribution is -0.386. The molecule has 0 aliphatic carbocycles. The van der Waals surface area contributed by atoms with Crippen LogP contribution in [0.5, 0.6) is 5.75 Å². The maximum atomic E-state index is 11.0. The van der Waals surface area contributed by atoms with E-state index in [1.165, 1.54) is 6.07 Å². The summed E-state index contributed by atoms with van der Waals surface area (Å²) < 4.78 is 10.5. The van der Waals surface area contributed by atoms with E-state index in [9.17, 15) is 10.1 Å². The Morgan fingerprint density at radius 3 is 2.80 bits per heavy atom. The van der Waals surface area contributed by atoms with E-state index in [4.69, 9.17) is 9.15 Å². The molecule has 0 bridgehead atoms. The third-order valence-electron chi connectivity index (χ3n) is 2.60. The number of furan rings is 1. The van der Waals surface area contributed by atoms with Gasteiger partial charge in [-0.25, -0.2) is 0 Å². The largest absolute Gasteiger partial charge is 0.484 e. The summed E-state index contributed by atoms with van der Waals surface area (Å²) in [6, 6.07) is 6.59. The van der Waals surface area contributed by atoms with Gasteiger partial charge >= 0.3 is 5.69 Å². The third-order valence-corrected chi connectivity index (χ3v) is 2.60. The van der Waals surface area contributed by atoms with E-state index in [2.05, 4.69) is 5.32 Å². The van der Waals surface area contributed by atoms with E-state index in [1.54, 1.807) is 24.7 Å². The molecule has 2 rings (SSSR count). The number of ether oxygens (including phenoxy) is 1. The van der Waals surface area contributed by atoms with Gasteiger partial charge < -0.3 is 14.5 Å². The van der Waals surface area contributed by atoms with Crippen molar-refractivity contribution in [3.05, 3.63) is 52.5 Å². The second kappa shape index (κ2) is 6.10. The van der Waals surface area contributed by atoms with Crippen molar-refractivity contribution in [2.75, 3.05) is 5.32 Å². The van der Waals surface area contributed by atoms with E-state index in [1.807, 2.05) is 19.9 Å². The van der Waals surface area contributed by atoms with Gasteiger partial charge in [-0.3, -0.25) is 10.1 Å².